The number of benzene rings is 2. The summed E-state index contributed by atoms with van der Waals surface area (Å²) in [5, 5.41) is 0. The molecule has 0 spiro atoms. The summed E-state index contributed by atoms with van der Waals surface area (Å²) in [6.07, 6.45) is 1.77. The molecule has 0 saturated carbocycles. The molecule has 0 bridgehead atoms. The average Bonchev–Trinajstić information content (AvgIpc) is 2.92. The number of nitrogens with two attached hydrogens (primary N) is 1. The minimum Gasteiger partial charge on any atom is -0.330 e. The van der Waals surface area contributed by atoms with Crippen molar-refractivity contribution in [2.45, 2.75) is 23.7 Å². The summed E-state index contributed by atoms with van der Waals surface area (Å²) in [6, 6.07) is 15.6. The van der Waals surface area contributed by atoms with Gasteiger partial charge in [0.2, 0.25) is 0 Å². The van der Waals surface area contributed by atoms with Gasteiger partial charge in [0.25, 0.3) is 0 Å². The minimum absolute atomic E-state index is 0.114. The maximum Gasteiger partial charge on any atom is 0.126 e. The molecule has 1 aliphatic heterocycles. The Kier molecular flexibility index (Phi) is 4.61. The molecule has 2 aromatic rings. The third-order valence-electron chi connectivity index (χ3n) is 4.22. The minimum atomic E-state index is -0.114. The van der Waals surface area contributed by atoms with Gasteiger partial charge >= 0.3 is 0 Å². The van der Waals surface area contributed by atoms with Crippen molar-refractivity contribution in [2.75, 3.05) is 12.3 Å². The smallest absolute Gasteiger partial charge is 0.126 e. The van der Waals surface area contributed by atoms with Gasteiger partial charge in [-0.05, 0) is 54.5 Å². The normalized spacial score (nSPS) is 18.5. The first kappa shape index (κ1) is 14.6. The van der Waals surface area contributed by atoms with Crippen LogP contribution in [-0.4, -0.2) is 12.3 Å². The second-order valence-electron chi connectivity index (χ2n) is 5.68. The maximum atomic E-state index is 13.8. The lowest BCUT2D eigenvalue weighted by molar-refractivity contribution is 0.448. The molecule has 21 heavy (non-hydrogen) atoms. The molecule has 110 valence electrons. The maximum absolute atomic E-state index is 13.8. The van der Waals surface area contributed by atoms with Crippen LogP contribution in [0.2, 0.25) is 0 Å². The van der Waals surface area contributed by atoms with Gasteiger partial charge in [-0.1, -0.05) is 36.4 Å². The fourth-order valence-electron chi connectivity index (χ4n) is 3.06. The molecule has 2 atom stereocenters. The fraction of sp³-hybridized carbons (Fsp3) is 0.333. The van der Waals surface area contributed by atoms with Gasteiger partial charge in [-0.2, -0.15) is 0 Å². The van der Waals surface area contributed by atoms with E-state index in [4.69, 9.17) is 5.73 Å². The number of hydrogen-bond donors (Lipinski definition) is 1. The quantitative estimate of drug-likeness (QED) is 0.894. The molecule has 1 heterocycles. The third-order valence-corrected chi connectivity index (χ3v) is 5.47. The van der Waals surface area contributed by atoms with Crippen molar-refractivity contribution in [2.24, 2.45) is 11.7 Å². The lowest BCUT2D eigenvalue weighted by Crippen LogP contribution is -2.20. The van der Waals surface area contributed by atoms with Crippen LogP contribution < -0.4 is 5.73 Å². The second-order valence-corrected chi connectivity index (χ2v) is 6.74. The Bertz CT molecular complexity index is 614. The topological polar surface area (TPSA) is 26.0 Å². The van der Waals surface area contributed by atoms with Crippen LogP contribution in [0.15, 0.2) is 53.4 Å². The van der Waals surface area contributed by atoms with Gasteiger partial charge < -0.3 is 5.73 Å². The molecular formula is C18H20FNS. The molecular weight excluding hydrogens is 281 g/mol. The van der Waals surface area contributed by atoms with E-state index in [2.05, 4.69) is 24.3 Å². The average molecular weight is 301 g/mol. The zero-order valence-corrected chi connectivity index (χ0v) is 12.8. The monoisotopic (exact) mass is 301 g/mol. The Morgan fingerprint density at radius 3 is 2.71 bits per heavy atom. The van der Waals surface area contributed by atoms with Crippen LogP contribution in [0.1, 0.15) is 23.5 Å². The Balaban J connectivity index is 1.70. The van der Waals surface area contributed by atoms with Crippen molar-refractivity contribution in [3.05, 3.63) is 65.5 Å². The number of rotatable bonds is 5. The van der Waals surface area contributed by atoms with Gasteiger partial charge in [-0.15, -0.1) is 11.8 Å². The SMILES string of the molecule is NCC(Cc1ccccc1F)CC1CSc2ccccc21. The number of hydrogen-bond acceptors (Lipinski definition) is 2. The highest BCUT2D eigenvalue weighted by atomic mass is 32.2. The first-order valence-corrected chi connectivity index (χ1v) is 8.41. The molecule has 0 saturated heterocycles. The van der Waals surface area contributed by atoms with E-state index in [1.54, 1.807) is 6.07 Å². The summed E-state index contributed by atoms with van der Waals surface area (Å²) in [5.41, 5.74) is 8.16. The van der Waals surface area contributed by atoms with E-state index in [-0.39, 0.29) is 5.82 Å². The lowest BCUT2D eigenvalue weighted by Gasteiger charge is -2.20. The summed E-state index contributed by atoms with van der Waals surface area (Å²) in [6.45, 7) is 0.609. The van der Waals surface area contributed by atoms with Gasteiger partial charge in [0.15, 0.2) is 0 Å². The molecule has 2 unspecified atom stereocenters. The third kappa shape index (κ3) is 3.30. The summed E-state index contributed by atoms with van der Waals surface area (Å²) in [4.78, 5) is 1.39. The Morgan fingerprint density at radius 1 is 1.14 bits per heavy atom. The first-order chi connectivity index (χ1) is 10.3. The fourth-order valence-corrected chi connectivity index (χ4v) is 4.34. The van der Waals surface area contributed by atoms with Gasteiger partial charge in [-0.3, -0.25) is 0 Å². The molecule has 3 heteroatoms. The molecule has 2 N–H and O–H groups in total. The largest absolute Gasteiger partial charge is 0.330 e. The predicted octanol–water partition coefficient (Wildman–Crippen LogP) is 4.22. The Hall–Kier alpha value is -1.32. The number of halogens is 1. The van der Waals surface area contributed by atoms with E-state index >= 15 is 0 Å². The van der Waals surface area contributed by atoms with Gasteiger partial charge in [0, 0.05) is 10.6 Å². The summed E-state index contributed by atoms with van der Waals surface area (Å²) in [5.74, 6) is 1.88. The van der Waals surface area contributed by atoms with Crippen LogP contribution in [0, 0.1) is 11.7 Å². The number of thioether (sulfide) groups is 1. The van der Waals surface area contributed by atoms with Crippen LogP contribution in [0.4, 0.5) is 4.39 Å². The van der Waals surface area contributed by atoms with E-state index in [1.165, 1.54) is 16.5 Å². The van der Waals surface area contributed by atoms with Crippen molar-refractivity contribution < 1.29 is 4.39 Å². The Labute approximate surface area is 129 Å². The van der Waals surface area contributed by atoms with Crippen LogP contribution in [0.3, 0.4) is 0 Å². The lowest BCUT2D eigenvalue weighted by atomic mass is 9.86. The van der Waals surface area contributed by atoms with Crippen LogP contribution in [0.25, 0.3) is 0 Å². The van der Waals surface area contributed by atoms with Crippen LogP contribution in [0.5, 0.6) is 0 Å². The molecule has 1 nitrogen and oxygen atoms in total. The summed E-state index contributed by atoms with van der Waals surface area (Å²) in [7, 11) is 0. The van der Waals surface area contributed by atoms with Gasteiger partial charge in [0.1, 0.15) is 5.82 Å². The standard InChI is InChI=1S/C18H20FNS/c19-17-7-3-1-5-14(17)9-13(11-20)10-15-12-21-18-8-4-2-6-16(15)18/h1-8,13,15H,9-12,20H2. The van der Waals surface area contributed by atoms with E-state index in [1.807, 2.05) is 23.9 Å². The molecule has 0 aromatic heterocycles. The highest BCUT2D eigenvalue weighted by Gasteiger charge is 2.25. The molecule has 3 rings (SSSR count). The predicted molar refractivity (Wildman–Crippen MR) is 87.2 cm³/mol. The van der Waals surface area contributed by atoms with Crippen LogP contribution in [-0.2, 0) is 6.42 Å². The van der Waals surface area contributed by atoms with Crippen molar-refractivity contribution in [3.63, 3.8) is 0 Å². The van der Waals surface area contributed by atoms with Crippen molar-refractivity contribution in [1.82, 2.24) is 0 Å². The van der Waals surface area contributed by atoms with Crippen molar-refractivity contribution >= 4 is 11.8 Å². The molecule has 0 radical (unpaired) electrons. The van der Waals surface area contributed by atoms with E-state index in [9.17, 15) is 4.39 Å². The number of fused-ring (bicyclic) bond motifs is 1. The van der Waals surface area contributed by atoms with Crippen molar-refractivity contribution in [3.8, 4) is 0 Å². The van der Waals surface area contributed by atoms with Crippen LogP contribution >= 0.6 is 11.8 Å². The Morgan fingerprint density at radius 2 is 1.90 bits per heavy atom. The molecule has 0 aliphatic carbocycles. The van der Waals surface area contributed by atoms with E-state index < -0.39 is 0 Å². The van der Waals surface area contributed by atoms with Gasteiger partial charge in [0.05, 0.1) is 0 Å². The molecule has 0 fully saturated rings. The molecule has 2 aromatic carbocycles. The van der Waals surface area contributed by atoms with Gasteiger partial charge in [-0.25, -0.2) is 4.39 Å². The highest BCUT2D eigenvalue weighted by molar-refractivity contribution is 7.99. The zero-order chi connectivity index (χ0) is 14.7. The first-order valence-electron chi connectivity index (χ1n) is 7.43. The summed E-state index contributed by atoms with van der Waals surface area (Å²) >= 11 is 1.92. The highest BCUT2D eigenvalue weighted by Crippen LogP contribution is 2.42. The van der Waals surface area contributed by atoms with Crippen molar-refractivity contribution in [1.29, 1.82) is 0 Å². The second kappa shape index (κ2) is 6.63. The molecule has 1 aliphatic rings. The molecule has 0 amide bonds. The van der Waals surface area contributed by atoms with E-state index in [0.29, 0.717) is 18.4 Å². The van der Waals surface area contributed by atoms with E-state index in [0.717, 1.165) is 24.2 Å². The zero-order valence-electron chi connectivity index (χ0n) is 12.0. The summed E-state index contributed by atoms with van der Waals surface area (Å²) < 4.78 is 13.8.